The molecule has 0 fully saturated rings. The molecule has 1 N–H and O–H groups in total. The molecule has 5 heteroatoms. The van der Waals surface area contributed by atoms with Crippen LogP contribution in [-0.2, 0) is 0 Å². The van der Waals surface area contributed by atoms with Crippen LogP contribution in [0.1, 0.15) is 30.6 Å². The van der Waals surface area contributed by atoms with Gasteiger partial charge in [-0.3, -0.25) is 9.79 Å². The van der Waals surface area contributed by atoms with Crippen molar-refractivity contribution in [3.63, 3.8) is 0 Å². The average Bonchev–Trinajstić information content (AvgIpc) is 2.93. The first-order chi connectivity index (χ1) is 11.2. The lowest BCUT2D eigenvalue weighted by Gasteiger charge is -2.27. The zero-order valence-corrected chi connectivity index (χ0v) is 14.1. The Morgan fingerprint density at radius 2 is 2.17 bits per heavy atom. The third kappa shape index (κ3) is 2.93. The van der Waals surface area contributed by atoms with Crippen LogP contribution in [0.3, 0.4) is 0 Å². The number of fused-ring (bicyclic) bond motifs is 1. The highest BCUT2D eigenvalue weighted by Gasteiger charge is 2.39. The number of hydrogen-bond acceptors (Lipinski definition) is 5. The summed E-state index contributed by atoms with van der Waals surface area (Å²) >= 11 is 1.57. The lowest BCUT2D eigenvalue weighted by molar-refractivity contribution is 0.0900. The van der Waals surface area contributed by atoms with Crippen LogP contribution in [0.25, 0.3) is 0 Å². The summed E-state index contributed by atoms with van der Waals surface area (Å²) in [7, 11) is 0. The van der Waals surface area contributed by atoms with Gasteiger partial charge in [-0.05, 0) is 42.5 Å². The van der Waals surface area contributed by atoms with Crippen LogP contribution in [0.15, 0.2) is 52.5 Å². The van der Waals surface area contributed by atoms with Crippen molar-refractivity contribution < 1.29 is 9.90 Å². The van der Waals surface area contributed by atoms with Gasteiger partial charge in [0.05, 0.1) is 6.04 Å². The summed E-state index contributed by atoms with van der Waals surface area (Å²) in [4.78, 5) is 20.7. The van der Waals surface area contributed by atoms with Crippen molar-refractivity contribution >= 4 is 23.4 Å². The van der Waals surface area contributed by atoms with Gasteiger partial charge in [-0.2, -0.15) is 0 Å². The number of aromatic hydroxyl groups is 1. The first-order valence-electron chi connectivity index (χ1n) is 7.86. The number of rotatable bonds is 5. The summed E-state index contributed by atoms with van der Waals surface area (Å²) in [5.74, 6) is 1.95. The highest BCUT2D eigenvalue weighted by atomic mass is 32.2. The van der Waals surface area contributed by atoms with Gasteiger partial charge in [0.1, 0.15) is 17.6 Å². The molecule has 0 bridgehead atoms. The minimum Gasteiger partial charge on any atom is -0.508 e. The molecular formula is C18H20N2O2S. The van der Waals surface area contributed by atoms with Crippen LogP contribution < -0.4 is 0 Å². The maximum atomic E-state index is 13.2. The van der Waals surface area contributed by atoms with E-state index in [1.807, 2.05) is 36.3 Å². The molecule has 120 valence electrons. The normalized spacial score (nSPS) is 22.2. The Balaban J connectivity index is 1.97. The maximum Gasteiger partial charge on any atom is 0.188 e. The predicted octanol–water partition coefficient (Wildman–Crippen LogP) is 3.63. The number of aliphatic imine (C=N–C) groups is 1. The monoisotopic (exact) mass is 328 g/mol. The number of thioether (sulfide) groups is 1. The summed E-state index contributed by atoms with van der Waals surface area (Å²) in [6.07, 6.45) is 8.54. The molecule has 23 heavy (non-hydrogen) atoms. The molecule has 4 nitrogen and oxygen atoms in total. The smallest absolute Gasteiger partial charge is 0.188 e. The predicted molar refractivity (Wildman–Crippen MR) is 94.3 cm³/mol. The van der Waals surface area contributed by atoms with Gasteiger partial charge in [0.25, 0.3) is 0 Å². The zero-order chi connectivity index (χ0) is 16.4. The second kappa shape index (κ2) is 6.62. The van der Waals surface area contributed by atoms with E-state index in [-0.39, 0.29) is 23.6 Å². The van der Waals surface area contributed by atoms with Crippen LogP contribution >= 0.6 is 11.8 Å². The summed E-state index contributed by atoms with van der Waals surface area (Å²) in [6, 6.07) is 4.63. The molecule has 1 aromatic carbocycles. The van der Waals surface area contributed by atoms with E-state index in [4.69, 9.17) is 0 Å². The quantitative estimate of drug-likeness (QED) is 0.662. The van der Waals surface area contributed by atoms with E-state index in [0.29, 0.717) is 5.56 Å². The lowest BCUT2D eigenvalue weighted by atomic mass is 9.96. The fourth-order valence-electron chi connectivity index (χ4n) is 2.98. The van der Waals surface area contributed by atoms with Crippen LogP contribution in [0.4, 0.5) is 0 Å². The van der Waals surface area contributed by atoms with Crippen molar-refractivity contribution in [2.24, 2.45) is 4.99 Å². The van der Waals surface area contributed by atoms with Crippen LogP contribution in [0, 0.1) is 0 Å². The van der Waals surface area contributed by atoms with E-state index in [1.165, 1.54) is 0 Å². The van der Waals surface area contributed by atoms with E-state index in [1.54, 1.807) is 30.0 Å². The maximum absolute atomic E-state index is 13.2. The van der Waals surface area contributed by atoms with Gasteiger partial charge in [-0.1, -0.05) is 19.9 Å². The summed E-state index contributed by atoms with van der Waals surface area (Å²) < 4.78 is 0. The standard InChI is InChI=1S/C18H20N2O2S/c1-3-14-17(20-10-6-5-7-16(20)19-14)18(22)13-9-8-12(21)11-15(13)23-4-2/h5-11,14,17,21H,3-4H2,1-2H3. The molecule has 2 aliphatic rings. The SMILES string of the molecule is CCSc1cc(O)ccc1C(=O)C1C(CC)N=C2C=CC=CN21. The molecule has 0 aromatic heterocycles. The van der Waals surface area contributed by atoms with Crippen molar-refractivity contribution in [1.82, 2.24) is 4.90 Å². The number of Topliss-reactive ketones (excluding diaryl/α,β-unsaturated/α-hetero) is 1. The molecule has 0 spiro atoms. The van der Waals surface area contributed by atoms with E-state index in [0.717, 1.165) is 22.9 Å². The molecule has 0 aliphatic carbocycles. The van der Waals surface area contributed by atoms with Crippen LogP contribution in [0.2, 0.25) is 0 Å². The van der Waals surface area contributed by atoms with Crippen LogP contribution in [0.5, 0.6) is 5.75 Å². The van der Waals surface area contributed by atoms with Crippen molar-refractivity contribution in [1.29, 1.82) is 0 Å². The number of hydrogen-bond donors (Lipinski definition) is 1. The fourth-order valence-corrected chi connectivity index (χ4v) is 3.82. The number of amidine groups is 1. The molecule has 2 aliphatic heterocycles. The first-order valence-corrected chi connectivity index (χ1v) is 8.85. The minimum atomic E-state index is -0.308. The van der Waals surface area contributed by atoms with Gasteiger partial charge in [0.2, 0.25) is 0 Å². The highest BCUT2D eigenvalue weighted by molar-refractivity contribution is 7.99. The molecular weight excluding hydrogens is 308 g/mol. The number of allylic oxidation sites excluding steroid dienone is 2. The van der Waals surface area contributed by atoms with E-state index >= 15 is 0 Å². The Hall–Kier alpha value is -2.01. The minimum absolute atomic E-state index is 0.0434. The third-order valence-corrected chi connectivity index (χ3v) is 4.98. The Labute approximate surface area is 140 Å². The molecule has 2 heterocycles. The van der Waals surface area contributed by atoms with Crippen molar-refractivity contribution in [2.75, 3.05) is 5.75 Å². The second-order valence-corrected chi connectivity index (χ2v) is 6.80. The van der Waals surface area contributed by atoms with Gasteiger partial charge in [0.15, 0.2) is 5.78 Å². The lowest BCUT2D eigenvalue weighted by Crippen LogP contribution is -2.42. The molecule has 0 radical (unpaired) electrons. The van der Waals surface area contributed by atoms with Gasteiger partial charge in [-0.25, -0.2) is 0 Å². The summed E-state index contributed by atoms with van der Waals surface area (Å²) in [5.41, 5.74) is 0.664. The number of carbonyl (C=O) groups is 1. The Morgan fingerprint density at radius 1 is 1.35 bits per heavy atom. The third-order valence-electron chi connectivity index (χ3n) is 4.05. The van der Waals surface area contributed by atoms with E-state index in [9.17, 15) is 9.90 Å². The van der Waals surface area contributed by atoms with Crippen molar-refractivity contribution in [2.45, 2.75) is 37.2 Å². The van der Waals surface area contributed by atoms with Crippen molar-refractivity contribution in [3.8, 4) is 5.75 Å². The molecule has 3 rings (SSSR count). The van der Waals surface area contributed by atoms with Gasteiger partial charge in [0, 0.05) is 16.7 Å². The molecule has 2 unspecified atom stereocenters. The Bertz CT molecular complexity index is 709. The number of carbonyl (C=O) groups excluding carboxylic acids is 1. The Morgan fingerprint density at radius 3 is 2.91 bits per heavy atom. The highest BCUT2D eigenvalue weighted by Crippen LogP contribution is 2.32. The molecule has 0 saturated heterocycles. The zero-order valence-electron chi connectivity index (χ0n) is 13.3. The van der Waals surface area contributed by atoms with E-state index < -0.39 is 0 Å². The fraction of sp³-hybridized carbons (Fsp3) is 0.333. The summed E-state index contributed by atoms with van der Waals surface area (Å²) in [5, 5.41) is 9.72. The van der Waals surface area contributed by atoms with Gasteiger partial charge in [-0.15, -0.1) is 11.8 Å². The number of benzene rings is 1. The number of phenols is 1. The summed E-state index contributed by atoms with van der Waals surface area (Å²) in [6.45, 7) is 4.09. The Kier molecular flexibility index (Phi) is 4.57. The number of nitrogens with zero attached hydrogens (tertiary/aromatic N) is 2. The van der Waals surface area contributed by atoms with Gasteiger partial charge < -0.3 is 10.0 Å². The molecule has 1 aromatic rings. The van der Waals surface area contributed by atoms with Crippen molar-refractivity contribution in [3.05, 3.63) is 48.2 Å². The van der Waals surface area contributed by atoms with E-state index in [2.05, 4.69) is 11.9 Å². The molecule has 0 saturated carbocycles. The second-order valence-electron chi connectivity index (χ2n) is 5.49. The number of ketones is 1. The molecule has 2 atom stereocenters. The molecule has 0 amide bonds. The largest absolute Gasteiger partial charge is 0.508 e. The number of phenolic OH excluding ortho intramolecular Hbond substituents is 1. The van der Waals surface area contributed by atoms with Gasteiger partial charge >= 0.3 is 0 Å². The topological polar surface area (TPSA) is 52.9 Å². The van der Waals surface area contributed by atoms with Crippen LogP contribution in [-0.4, -0.2) is 39.5 Å². The average molecular weight is 328 g/mol. The first kappa shape index (κ1) is 15.9.